The van der Waals surface area contributed by atoms with Gasteiger partial charge in [0.05, 0.1) is 6.61 Å². The van der Waals surface area contributed by atoms with Crippen LogP contribution in [0.15, 0.2) is 24.3 Å². The van der Waals surface area contributed by atoms with Crippen molar-refractivity contribution in [2.75, 3.05) is 19.7 Å². The summed E-state index contributed by atoms with van der Waals surface area (Å²) in [6.45, 7) is 8.42. The number of morpholine rings is 1. The summed E-state index contributed by atoms with van der Waals surface area (Å²) in [6, 6.07) is 7.77. The summed E-state index contributed by atoms with van der Waals surface area (Å²) < 4.78 is 11.5. The van der Waals surface area contributed by atoms with E-state index in [4.69, 9.17) is 9.47 Å². The Labute approximate surface area is 96.8 Å². The molecule has 2 unspecified atom stereocenters. The van der Waals surface area contributed by atoms with E-state index in [0.717, 1.165) is 31.0 Å². The Morgan fingerprint density at radius 2 is 2.19 bits per heavy atom. The Bertz CT molecular complexity index is 317. The molecule has 1 radical (unpaired) electrons. The molecule has 1 fully saturated rings. The van der Waals surface area contributed by atoms with Gasteiger partial charge in [-0.2, -0.15) is 0 Å². The molecule has 0 aromatic heterocycles. The lowest BCUT2D eigenvalue weighted by atomic mass is 10.2. The summed E-state index contributed by atoms with van der Waals surface area (Å²) in [6.07, 6.45) is 0.191. The van der Waals surface area contributed by atoms with E-state index in [0.29, 0.717) is 0 Å². The van der Waals surface area contributed by atoms with E-state index in [9.17, 15) is 0 Å². The predicted molar refractivity (Wildman–Crippen MR) is 63.6 cm³/mol. The van der Waals surface area contributed by atoms with Crippen molar-refractivity contribution < 1.29 is 9.47 Å². The molecule has 2 atom stereocenters. The van der Waals surface area contributed by atoms with Gasteiger partial charge in [-0.1, -0.05) is 12.1 Å². The zero-order valence-electron chi connectivity index (χ0n) is 9.61. The number of hydrogen-bond acceptors (Lipinski definition) is 3. The lowest BCUT2D eigenvalue weighted by molar-refractivity contribution is -0.0350. The maximum Gasteiger partial charge on any atom is 0.123 e. The molecular formula is C13H18NO2. The quantitative estimate of drug-likeness (QED) is 0.839. The molecule has 0 spiro atoms. The van der Waals surface area contributed by atoms with Gasteiger partial charge in [-0.15, -0.1) is 0 Å². The van der Waals surface area contributed by atoms with Gasteiger partial charge in [0, 0.05) is 13.1 Å². The van der Waals surface area contributed by atoms with Crippen LogP contribution in [0, 0.1) is 6.92 Å². The van der Waals surface area contributed by atoms with Crippen molar-refractivity contribution in [3.63, 3.8) is 0 Å². The second-order valence-corrected chi connectivity index (χ2v) is 4.08. The predicted octanol–water partition coefficient (Wildman–Crippen LogP) is 1.62. The van der Waals surface area contributed by atoms with Gasteiger partial charge in [0.15, 0.2) is 0 Å². The van der Waals surface area contributed by atoms with Crippen molar-refractivity contribution in [1.29, 1.82) is 0 Å². The fourth-order valence-electron chi connectivity index (χ4n) is 1.75. The van der Waals surface area contributed by atoms with E-state index in [-0.39, 0.29) is 12.2 Å². The number of benzene rings is 1. The molecular weight excluding hydrogens is 202 g/mol. The highest BCUT2D eigenvalue weighted by Crippen LogP contribution is 2.15. The first-order valence-electron chi connectivity index (χ1n) is 5.67. The molecule has 0 bridgehead atoms. The molecule has 0 saturated carbocycles. The van der Waals surface area contributed by atoms with Crippen molar-refractivity contribution in [3.8, 4) is 5.75 Å². The largest absolute Gasteiger partial charge is 0.488 e. The molecule has 1 N–H and O–H groups in total. The summed E-state index contributed by atoms with van der Waals surface area (Å²) in [5, 5.41) is 3.30. The zero-order valence-corrected chi connectivity index (χ0v) is 9.61. The van der Waals surface area contributed by atoms with Crippen LogP contribution in [0.2, 0.25) is 0 Å². The van der Waals surface area contributed by atoms with E-state index in [1.54, 1.807) is 0 Å². The maximum atomic E-state index is 5.82. The molecule has 3 heteroatoms. The molecule has 0 amide bonds. The highest BCUT2D eigenvalue weighted by Gasteiger charge is 2.21. The van der Waals surface area contributed by atoms with Crippen molar-refractivity contribution in [3.05, 3.63) is 36.8 Å². The minimum absolute atomic E-state index is 0.0588. The third-order valence-corrected chi connectivity index (χ3v) is 2.73. The summed E-state index contributed by atoms with van der Waals surface area (Å²) in [7, 11) is 0. The standard InChI is InChI=1S/C13H18NO2/c1-10-3-5-12(6-4-10)16-11(2)13-9-14-7-8-15-13/h3-6,11,13-14H,1,7-9H2,2H3. The van der Waals surface area contributed by atoms with Crippen LogP contribution >= 0.6 is 0 Å². The van der Waals surface area contributed by atoms with Gasteiger partial charge in [0.25, 0.3) is 0 Å². The molecule has 1 aromatic carbocycles. The van der Waals surface area contributed by atoms with Crippen LogP contribution in [-0.2, 0) is 4.74 Å². The second-order valence-electron chi connectivity index (χ2n) is 4.08. The minimum atomic E-state index is 0.0588. The molecule has 3 nitrogen and oxygen atoms in total. The highest BCUT2D eigenvalue weighted by atomic mass is 16.5. The number of nitrogens with one attached hydrogen (secondary N) is 1. The van der Waals surface area contributed by atoms with Crippen LogP contribution in [0.4, 0.5) is 0 Å². The van der Waals surface area contributed by atoms with Gasteiger partial charge in [0.2, 0.25) is 0 Å². The molecule has 16 heavy (non-hydrogen) atoms. The average Bonchev–Trinajstić information content (AvgIpc) is 2.33. The van der Waals surface area contributed by atoms with Crippen LogP contribution in [0.25, 0.3) is 0 Å². The molecule has 1 aliphatic rings. The van der Waals surface area contributed by atoms with Gasteiger partial charge >= 0.3 is 0 Å². The topological polar surface area (TPSA) is 30.5 Å². The minimum Gasteiger partial charge on any atom is -0.488 e. The Morgan fingerprint density at radius 1 is 1.44 bits per heavy atom. The molecule has 1 saturated heterocycles. The average molecular weight is 220 g/mol. The van der Waals surface area contributed by atoms with E-state index >= 15 is 0 Å². The van der Waals surface area contributed by atoms with Gasteiger partial charge in [-0.25, -0.2) is 0 Å². The molecule has 1 aliphatic heterocycles. The van der Waals surface area contributed by atoms with Gasteiger partial charge in [-0.05, 0) is 31.5 Å². The first-order valence-corrected chi connectivity index (χ1v) is 5.67. The smallest absolute Gasteiger partial charge is 0.123 e. The molecule has 87 valence electrons. The number of ether oxygens (including phenoxy) is 2. The van der Waals surface area contributed by atoms with Gasteiger partial charge in [-0.3, -0.25) is 0 Å². The Hall–Kier alpha value is -1.06. The summed E-state index contributed by atoms with van der Waals surface area (Å²) in [5.74, 6) is 0.870. The van der Waals surface area contributed by atoms with Crippen molar-refractivity contribution in [2.24, 2.45) is 0 Å². The summed E-state index contributed by atoms with van der Waals surface area (Å²) in [5.41, 5.74) is 0.996. The Balaban J connectivity index is 1.90. The van der Waals surface area contributed by atoms with Gasteiger partial charge < -0.3 is 14.8 Å². The highest BCUT2D eigenvalue weighted by molar-refractivity contribution is 5.28. The van der Waals surface area contributed by atoms with Crippen LogP contribution in [0.5, 0.6) is 5.75 Å². The van der Waals surface area contributed by atoms with E-state index in [1.807, 2.05) is 31.2 Å². The Kier molecular flexibility index (Phi) is 3.80. The maximum absolute atomic E-state index is 5.82. The first-order chi connectivity index (χ1) is 7.75. The third-order valence-electron chi connectivity index (χ3n) is 2.73. The fraction of sp³-hybridized carbons (Fsp3) is 0.462. The molecule has 0 aliphatic carbocycles. The van der Waals surface area contributed by atoms with Crippen molar-refractivity contribution in [2.45, 2.75) is 19.1 Å². The van der Waals surface area contributed by atoms with Crippen molar-refractivity contribution >= 4 is 0 Å². The molecule has 1 heterocycles. The first kappa shape index (κ1) is 11.4. The normalized spacial score (nSPS) is 22.8. The summed E-state index contributed by atoms with van der Waals surface area (Å²) in [4.78, 5) is 0. The van der Waals surface area contributed by atoms with Crippen LogP contribution < -0.4 is 10.1 Å². The van der Waals surface area contributed by atoms with Gasteiger partial charge in [0.1, 0.15) is 18.0 Å². The monoisotopic (exact) mass is 220 g/mol. The van der Waals surface area contributed by atoms with Crippen molar-refractivity contribution in [1.82, 2.24) is 5.32 Å². The van der Waals surface area contributed by atoms with Crippen LogP contribution in [0.1, 0.15) is 12.5 Å². The SMILES string of the molecule is [CH2]c1ccc(OC(C)C2CNCCO2)cc1. The molecule has 1 aromatic rings. The third kappa shape index (κ3) is 2.97. The number of rotatable bonds is 3. The van der Waals surface area contributed by atoms with E-state index in [1.165, 1.54) is 0 Å². The zero-order chi connectivity index (χ0) is 11.4. The van der Waals surface area contributed by atoms with E-state index in [2.05, 4.69) is 12.2 Å². The van der Waals surface area contributed by atoms with Crippen LogP contribution in [0.3, 0.4) is 0 Å². The summed E-state index contributed by atoms with van der Waals surface area (Å²) >= 11 is 0. The lowest BCUT2D eigenvalue weighted by Crippen LogP contribution is -2.46. The second kappa shape index (κ2) is 5.32. The van der Waals surface area contributed by atoms with Crippen LogP contribution in [-0.4, -0.2) is 31.9 Å². The fourth-order valence-corrected chi connectivity index (χ4v) is 1.75. The lowest BCUT2D eigenvalue weighted by Gasteiger charge is -2.29. The molecule has 2 rings (SSSR count). The Morgan fingerprint density at radius 3 is 2.81 bits per heavy atom. The number of hydrogen-bond donors (Lipinski definition) is 1. The van der Waals surface area contributed by atoms with E-state index < -0.39 is 0 Å².